The Kier molecular flexibility index (Phi) is 2.73. The predicted octanol–water partition coefficient (Wildman–Crippen LogP) is 3.40. The first-order valence-corrected chi connectivity index (χ1v) is 5.45. The van der Waals surface area contributed by atoms with Gasteiger partial charge in [0.25, 0.3) is 0 Å². The van der Waals surface area contributed by atoms with Gasteiger partial charge in [-0.1, -0.05) is 28.1 Å². The fourth-order valence-corrected chi connectivity index (χ4v) is 1.83. The van der Waals surface area contributed by atoms with Gasteiger partial charge < -0.3 is 5.73 Å². The first-order chi connectivity index (χ1) is 7.18. The Labute approximate surface area is 97.3 Å². The molecule has 0 aliphatic carbocycles. The molecule has 15 heavy (non-hydrogen) atoms. The first-order valence-electron chi connectivity index (χ1n) is 4.65. The highest BCUT2D eigenvalue weighted by Gasteiger charge is 2.05. The number of anilines is 1. The van der Waals surface area contributed by atoms with Crippen LogP contribution in [0.2, 0.25) is 0 Å². The number of rotatable bonds is 1. The van der Waals surface area contributed by atoms with E-state index in [4.69, 9.17) is 5.73 Å². The Morgan fingerprint density at radius 1 is 1.27 bits per heavy atom. The molecule has 0 aliphatic heterocycles. The molecule has 76 valence electrons. The second kappa shape index (κ2) is 4.03. The summed E-state index contributed by atoms with van der Waals surface area (Å²) in [4.78, 5) is 4.30. The maximum absolute atomic E-state index is 5.99. The van der Waals surface area contributed by atoms with Gasteiger partial charge in [-0.05, 0) is 30.7 Å². The fourth-order valence-electron chi connectivity index (χ4n) is 1.44. The van der Waals surface area contributed by atoms with Crippen LogP contribution in [-0.4, -0.2) is 4.98 Å². The Balaban J connectivity index is 2.59. The highest BCUT2D eigenvalue weighted by Crippen LogP contribution is 2.27. The van der Waals surface area contributed by atoms with Gasteiger partial charge in [-0.3, -0.25) is 4.98 Å². The van der Waals surface area contributed by atoms with E-state index in [1.807, 2.05) is 37.3 Å². The molecule has 0 bridgehead atoms. The molecule has 2 nitrogen and oxygen atoms in total. The van der Waals surface area contributed by atoms with E-state index in [9.17, 15) is 0 Å². The minimum atomic E-state index is 0.746. The lowest BCUT2D eigenvalue weighted by atomic mass is 10.1. The molecule has 0 saturated heterocycles. The first kappa shape index (κ1) is 10.2. The van der Waals surface area contributed by atoms with Gasteiger partial charge in [-0.15, -0.1) is 0 Å². The highest BCUT2D eigenvalue weighted by atomic mass is 79.9. The van der Waals surface area contributed by atoms with Crippen LogP contribution in [0.4, 0.5) is 5.69 Å². The second-order valence-electron chi connectivity index (χ2n) is 3.40. The van der Waals surface area contributed by atoms with Crippen LogP contribution >= 0.6 is 15.9 Å². The molecular weight excluding hydrogens is 252 g/mol. The molecule has 0 amide bonds. The van der Waals surface area contributed by atoms with Crippen LogP contribution in [0.25, 0.3) is 11.3 Å². The highest BCUT2D eigenvalue weighted by molar-refractivity contribution is 9.10. The summed E-state index contributed by atoms with van der Waals surface area (Å²) in [7, 11) is 0. The lowest BCUT2D eigenvalue weighted by molar-refractivity contribution is 1.29. The average Bonchev–Trinajstić information content (AvgIpc) is 2.22. The van der Waals surface area contributed by atoms with Crippen LogP contribution in [0, 0.1) is 6.92 Å². The van der Waals surface area contributed by atoms with Gasteiger partial charge in [0.05, 0.1) is 11.4 Å². The molecule has 3 heteroatoms. The van der Waals surface area contributed by atoms with Crippen molar-refractivity contribution in [2.45, 2.75) is 6.92 Å². The maximum atomic E-state index is 5.99. The average molecular weight is 263 g/mol. The van der Waals surface area contributed by atoms with E-state index in [2.05, 4.69) is 20.9 Å². The van der Waals surface area contributed by atoms with Crippen LogP contribution in [0.3, 0.4) is 0 Å². The van der Waals surface area contributed by atoms with Crippen LogP contribution in [0.15, 0.2) is 41.0 Å². The summed E-state index contributed by atoms with van der Waals surface area (Å²) in [6.45, 7) is 1.98. The molecule has 1 heterocycles. The number of nitrogen functional groups attached to an aromatic ring is 1. The van der Waals surface area contributed by atoms with Crippen molar-refractivity contribution >= 4 is 21.6 Å². The molecule has 0 spiro atoms. The number of halogens is 1. The van der Waals surface area contributed by atoms with E-state index in [1.165, 1.54) is 0 Å². The van der Waals surface area contributed by atoms with Crippen molar-refractivity contribution in [2.24, 2.45) is 0 Å². The summed E-state index contributed by atoms with van der Waals surface area (Å²) in [5, 5.41) is 0. The zero-order valence-electron chi connectivity index (χ0n) is 8.37. The number of pyridine rings is 1. The molecule has 1 aromatic carbocycles. The van der Waals surface area contributed by atoms with E-state index in [-0.39, 0.29) is 0 Å². The Morgan fingerprint density at radius 2 is 2.07 bits per heavy atom. The number of nitrogens with zero attached hydrogens (tertiary/aromatic N) is 1. The molecule has 2 N–H and O–H groups in total. The monoisotopic (exact) mass is 262 g/mol. The van der Waals surface area contributed by atoms with E-state index in [0.29, 0.717) is 0 Å². The van der Waals surface area contributed by atoms with Crippen molar-refractivity contribution in [3.8, 4) is 11.3 Å². The molecule has 2 rings (SSSR count). The van der Waals surface area contributed by atoms with Gasteiger partial charge in [-0.25, -0.2) is 0 Å². The number of hydrogen-bond acceptors (Lipinski definition) is 2. The van der Waals surface area contributed by atoms with Crippen LogP contribution in [-0.2, 0) is 0 Å². The SMILES string of the molecule is Cc1ccnc(-c2cccc(Br)c2)c1N. The van der Waals surface area contributed by atoms with Gasteiger partial charge in [0.15, 0.2) is 0 Å². The molecule has 0 saturated carbocycles. The normalized spacial score (nSPS) is 10.3. The Hall–Kier alpha value is -1.35. The van der Waals surface area contributed by atoms with Gasteiger partial charge >= 0.3 is 0 Å². The van der Waals surface area contributed by atoms with Gasteiger partial charge in [0.2, 0.25) is 0 Å². The number of benzene rings is 1. The van der Waals surface area contributed by atoms with Crippen molar-refractivity contribution in [1.82, 2.24) is 4.98 Å². The minimum absolute atomic E-state index is 0.746. The number of aromatic nitrogens is 1. The molecule has 0 aliphatic rings. The van der Waals surface area contributed by atoms with Crippen LogP contribution in [0.5, 0.6) is 0 Å². The summed E-state index contributed by atoms with van der Waals surface area (Å²) in [5.41, 5.74) is 9.67. The molecular formula is C12H11BrN2. The number of nitrogens with two attached hydrogens (primary N) is 1. The molecule has 0 unspecified atom stereocenters. The predicted molar refractivity (Wildman–Crippen MR) is 66.5 cm³/mol. The number of aryl methyl sites for hydroxylation is 1. The van der Waals surface area contributed by atoms with E-state index in [1.54, 1.807) is 6.20 Å². The van der Waals surface area contributed by atoms with E-state index < -0.39 is 0 Å². The summed E-state index contributed by atoms with van der Waals surface area (Å²) < 4.78 is 1.03. The lowest BCUT2D eigenvalue weighted by Crippen LogP contribution is -1.95. The van der Waals surface area contributed by atoms with E-state index in [0.717, 1.165) is 27.0 Å². The second-order valence-corrected chi connectivity index (χ2v) is 4.32. The zero-order chi connectivity index (χ0) is 10.8. The van der Waals surface area contributed by atoms with Gasteiger partial charge in [0.1, 0.15) is 0 Å². The minimum Gasteiger partial charge on any atom is -0.397 e. The van der Waals surface area contributed by atoms with Crippen molar-refractivity contribution in [3.63, 3.8) is 0 Å². The van der Waals surface area contributed by atoms with Gasteiger partial charge in [0, 0.05) is 16.2 Å². The molecule has 1 aromatic heterocycles. The fraction of sp³-hybridized carbons (Fsp3) is 0.0833. The summed E-state index contributed by atoms with van der Waals surface area (Å²) in [5.74, 6) is 0. The standard InChI is InChI=1S/C12H11BrN2/c1-8-5-6-15-12(11(8)14)9-3-2-4-10(13)7-9/h2-7H,14H2,1H3. The smallest absolute Gasteiger partial charge is 0.0934 e. The summed E-state index contributed by atoms with van der Waals surface area (Å²) >= 11 is 3.43. The Morgan fingerprint density at radius 3 is 2.80 bits per heavy atom. The Bertz CT molecular complexity index is 495. The van der Waals surface area contributed by atoms with Gasteiger partial charge in [-0.2, -0.15) is 0 Å². The molecule has 2 aromatic rings. The third kappa shape index (κ3) is 2.02. The van der Waals surface area contributed by atoms with Crippen molar-refractivity contribution in [2.75, 3.05) is 5.73 Å². The van der Waals surface area contributed by atoms with Crippen molar-refractivity contribution in [1.29, 1.82) is 0 Å². The molecule has 0 atom stereocenters. The van der Waals surface area contributed by atoms with Crippen molar-refractivity contribution < 1.29 is 0 Å². The summed E-state index contributed by atoms with van der Waals surface area (Å²) in [6, 6.07) is 9.89. The molecule has 0 fully saturated rings. The van der Waals surface area contributed by atoms with Crippen molar-refractivity contribution in [3.05, 3.63) is 46.6 Å². The topological polar surface area (TPSA) is 38.9 Å². The lowest BCUT2D eigenvalue weighted by Gasteiger charge is -2.07. The van der Waals surface area contributed by atoms with E-state index >= 15 is 0 Å². The van der Waals surface area contributed by atoms with Crippen LogP contribution < -0.4 is 5.73 Å². The third-order valence-corrected chi connectivity index (χ3v) is 2.80. The quantitative estimate of drug-likeness (QED) is 0.856. The zero-order valence-corrected chi connectivity index (χ0v) is 9.95. The van der Waals surface area contributed by atoms with Crippen LogP contribution in [0.1, 0.15) is 5.56 Å². The maximum Gasteiger partial charge on any atom is 0.0934 e. The summed E-state index contributed by atoms with van der Waals surface area (Å²) in [6.07, 6.45) is 1.78. The third-order valence-electron chi connectivity index (χ3n) is 2.31. The molecule has 0 radical (unpaired) electrons. The largest absolute Gasteiger partial charge is 0.397 e. The number of hydrogen-bond donors (Lipinski definition) is 1.